The van der Waals surface area contributed by atoms with E-state index in [0.29, 0.717) is 0 Å². The number of rotatable bonds is 6. The number of benzene rings is 2. The fourth-order valence-corrected chi connectivity index (χ4v) is 4.91. The van der Waals surface area contributed by atoms with Gasteiger partial charge in [0.25, 0.3) is 5.91 Å². The summed E-state index contributed by atoms with van der Waals surface area (Å²) in [6.07, 6.45) is 0.819. The third kappa shape index (κ3) is 4.88. The highest BCUT2D eigenvalue weighted by Gasteiger charge is 2.32. The van der Waals surface area contributed by atoms with E-state index in [-0.39, 0.29) is 23.4 Å². The van der Waals surface area contributed by atoms with Crippen LogP contribution in [0.3, 0.4) is 0 Å². The fraction of sp³-hybridized carbons (Fsp3) is 0.409. The van der Waals surface area contributed by atoms with Gasteiger partial charge in [-0.1, -0.05) is 37.3 Å². The molecule has 0 aliphatic carbocycles. The highest BCUT2D eigenvalue weighted by molar-refractivity contribution is 7.89. The smallest absolute Gasteiger partial charge is 0.253 e. The van der Waals surface area contributed by atoms with Crippen molar-refractivity contribution in [3.63, 3.8) is 0 Å². The Morgan fingerprint density at radius 3 is 2.57 bits per heavy atom. The van der Waals surface area contributed by atoms with Crippen molar-refractivity contribution in [1.82, 2.24) is 14.5 Å². The lowest BCUT2D eigenvalue weighted by atomic mass is 9.92. The summed E-state index contributed by atoms with van der Waals surface area (Å²) >= 11 is 0. The molecular weight excluding hydrogens is 405 g/mol. The lowest BCUT2D eigenvalue weighted by Crippen LogP contribution is -2.50. The van der Waals surface area contributed by atoms with Crippen LogP contribution in [0.2, 0.25) is 0 Å². The number of sulfonamides is 1. The van der Waals surface area contributed by atoms with Gasteiger partial charge in [-0.2, -0.15) is 0 Å². The van der Waals surface area contributed by atoms with Gasteiger partial charge in [-0.25, -0.2) is 17.5 Å². The minimum atomic E-state index is -3.99. The van der Waals surface area contributed by atoms with Crippen molar-refractivity contribution in [2.75, 3.05) is 27.2 Å². The topological polar surface area (TPSA) is 69.7 Å². The first kappa shape index (κ1) is 22.4. The Balaban J connectivity index is 1.70. The van der Waals surface area contributed by atoms with Crippen molar-refractivity contribution in [1.29, 1.82) is 0 Å². The van der Waals surface area contributed by atoms with Crippen molar-refractivity contribution in [3.05, 3.63) is 65.5 Å². The van der Waals surface area contributed by atoms with Crippen LogP contribution in [-0.4, -0.2) is 57.4 Å². The molecule has 2 aromatic rings. The highest BCUT2D eigenvalue weighted by atomic mass is 32.2. The molecule has 1 saturated heterocycles. The maximum Gasteiger partial charge on any atom is 0.253 e. The molecule has 2 aromatic carbocycles. The van der Waals surface area contributed by atoms with Crippen LogP contribution < -0.4 is 4.72 Å². The first-order chi connectivity index (χ1) is 14.2. The van der Waals surface area contributed by atoms with Crippen molar-refractivity contribution in [2.45, 2.75) is 30.8 Å². The van der Waals surface area contributed by atoms with E-state index in [1.807, 2.05) is 18.2 Å². The molecule has 3 rings (SSSR count). The molecule has 2 atom stereocenters. The van der Waals surface area contributed by atoms with Gasteiger partial charge in [-0.05, 0) is 43.1 Å². The zero-order chi connectivity index (χ0) is 21.9. The Morgan fingerprint density at radius 1 is 1.23 bits per heavy atom. The maximum absolute atomic E-state index is 14.0. The van der Waals surface area contributed by atoms with Gasteiger partial charge in [0, 0.05) is 38.3 Å². The number of likely N-dealkylation sites (tertiary alicyclic amines) is 1. The molecule has 8 heteroatoms. The second-order valence-corrected chi connectivity index (χ2v) is 9.68. The molecule has 1 aliphatic heterocycles. The van der Waals surface area contributed by atoms with Gasteiger partial charge in [-0.15, -0.1) is 0 Å². The van der Waals surface area contributed by atoms with Gasteiger partial charge in [0.15, 0.2) is 0 Å². The number of hydrogen-bond donors (Lipinski definition) is 1. The molecule has 162 valence electrons. The molecule has 6 nitrogen and oxygen atoms in total. The van der Waals surface area contributed by atoms with Gasteiger partial charge in [0.05, 0.1) is 0 Å². The summed E-state index contributed by atoms with van der Waals surface area (Å²) in [6, 6.07) is 13.8. The molecule has 0 unspecified atom stereocenters. The fourth-order valence-electron chi connectivity index (χ4n) is 4.09. The standard InChI is InChI=1S/C22H28FN3O3S/c1-16-14-26(15-17-7-5-4-6-8-17)12-11-20(16)25(3)22(27)18-9-10-19(23)21(13-18)30(28,29)24-2/h4-10,13,16,20,24H,11-12,14-15H2,1-3H3/t16-,20-/m0/s1. The molecule has 0 aromatic heterocycles. The third-order valence-corrected chi connectivity index (χ3v) is 7.18. The van der Waals surface area contributed by atoms with Crippen LogP contribution in [0, 0.1) is 11.7 Å². The summed E-state index contributed by atoms with van der Waals surface area (Å²) in [5, 5.41) is 0. The molecule has 1 fully saturated rings. The molecule has 1 N–H and O–H groups in total. The summed E-state index contributed by atoms with van der Waals surface area (Å²) in [5.41, 5.74) is 1.42. The van der Waals surface area contributed by atoms with Crippen molar-refractivity contribution >= 4 is 15.9 Å². The number of nitrogens with one attached hydrogen (secondary N) is 1. The van der Waals surface area contributed by atoms with Crippen LogP contribution in [0.5, 0.6) is 0 Å². The molecule has 30 heavy (non-hydrogen) atoms. The van der Waals surface area contributed by atoms with Crippen molar-refractivity contribution < 1.29 is 17.6 Å². The number of carbonyl (C=O) groups is 1. The number of piperidine rings is 1. The lowest BCUT2D eigenvalue weighted by Gasteiger charge is -2.41. The Hall–Kier alpha value is -2.29. The quantitative estimate of drug-likeness (QED) is 0.761. The number of carbonyl (C=O) groups excluding carboxylic acids is 1. The predicted molar refractivity (Wildman–Crippen MR) is 114 cm³/mol. The van der Waals surface area contributed by atoms with Crippen LogP contribution >= 0.6 is 0 Å². The average molecular weight is 434 g/mol. The van der Waals surface area contributed by atoms with Crippen LogP contribution in [0.25, 0.3) is 0 Å². The summed E-state index contributed by atoms with van der Waals surface area (Å²) in [6.45, 7) is 4.72. The minimum Gasteiger partial charge on any atom is -0.338 e. The average Bonchev–Trinajstić information content (AvgIpc) is 2.74. The van der Waals surface area contributed by atoms with Gasteiger partial charge < -0.3 is 4.90 Å². The van der Waals surface area contributed by atoms with Gasteiger partial charge in [0.1, 0.15) is 10.7 Å². The SMILES string of the molecule is CNS(=O)(=O)c1cc(C(=O)N(C)[C@H]2CCN(Cc3ccccc3)C[C@@H]2C)ccc1F. The summed E-state index contributed by atoms with van der Waals surface area (Å²) in [5.74, 6) is -0.945. The van der Waals surface area contributed by atoms with Gasteiger partial charge in [-0.3, -0.25) is 9.69 Å². The normalized spacial score (nSPS) is 20.1. The van der Waals surface area contributed by atoms with Crippen LogP contribution in [0.15, 0.2) is 53.4 Å². The van der Waals surface area contributed by atoms with Gasteiger partial charge >= 0.3 is 0 Å². The van der Waals surface area contributed by atoms with E-state index in [4.69, 9.17) is 0 Å². The minimum absolute atomic E-state index is 0.0268. The van der Waals surface area contributed by atoms with Crippen molar-refractivity contribution in [2.24, 2.45) is 5.92 Å². The summed E-state index contributed by atoms with van der Waals surface area (Å²) in [4.78, 5) is 16.5. The highest BCUT2D eigenvalue weighted by Crippen LogP contribution is 2.25. The van der Waals surface area contributed by atoms with E-state index in [9.17, 15) is 17.6 Å². The Bertz CT molecular complexity index is 998. The number of amides is 1. The summed E-state index contributed by atoms with van der Waals surface area (Å²) in [7, 11) is -1.05. The first-order valence-corrected chi connectivity index (χ1v) is 11.5. The predicted octanol–water partition coefficient (Wildman–Crippen LogP) is 2.72. The van der Waals surface area contributed by atoms with Crippen molar-refractivity contribution in [3.8, 4) is 0 Å². The maximum atomic E-state index is 14.0. The monoisotopic (exact) mass is 433 g/mol. The van der Waals surface area contributed by atoms with E-state index < -0.39 is 20.7 Å². The Kier molecular flexibility index (Phi) is 6.90. The molecule has 0 spiro atoms. The third-order valence-electron chi connectivity index (χ3n) is 5.75. The molecule has 1 aliphatic rings. The van der Waals surface area contributed by atoms with E-state index in [2.05, 4.69) is 28.7 Å². The van der Waals surface area contributed by atoms with E-state index in [0.717, 1.165) is 38.2 Å². The molecular formula is C22H28FN3O3S. The largest absolute Gasteiger partial charge is 0.338 e. The Morgan fingerprint density at radius 2 is 1.93 bits per heavy atom. The second-order valence-electron chi connectivity index (χ2n) is 7.82. The zero-order valence-electron chi connectivity index (χ0n) is 17.5. The van der Waals surface area contributed by atoms with Gasteiger partial charge in [0.2, 0.25) is 10.0 Å². The number of halogens is 1. The molecule has 0 bridgehead atoms. The van der Waals surface area contributed by atoms with Crippen LogP contribution in [0.4, 0.5) is 4.39 Å². The molecule has 0 radical (unpaired) electrons. The van der Waals surface area contributed by atoms with E-state index >= 15 is 0 Å². The Labute approximate surface area is 177 Å². The van der Waals surface area contributed by atoms with E-state index in [1.54, 1.807) is 11.9 Å². The molecule has 0 saturated carbocycles. The molecule has 1 heterocycles. The summed E-state index contributed by atoms with van der Waals surface area (Å²) < 4.78 is 40.1. The van der Waals surface area contributed by atoms with Crippen LogP contribution in [0.1, 0.15) is 29.3 Å². The zero-order valence-corrected chi connectivity index (χ0v) is 18.3. The first-order valence-electron chi connectivity index (χ1n) is 9.99. The molecule has 1 amide bonds. The number of nitrogens with zero attached hydrogens (tertiary/aromatic N) is 2. The van der Waals surface area contributed by atoms with Crippen LogP contribution in [-0.2, 0) is 16.6 Å². The lowest BCUT2D eigenvalue weighted by molar-refractivity contribution is 0.0498. The number of hydrogen-bond acceptors (Lipinski definition) is 4. The second kappa shape index (κ2) is 9.24. The van der Waals surface area contributed by atoms with E-state index in [1.165, 1.54) is 18.7 Å².